The molecule has 148 valence electrons. The number of sulfonamides is 1. The van der Waals surface area contributed by atoms with Gasteiger partial charge in [-0.3, -0.25) is 4.31 Å². The van der Waals surface area contributed by atoms with E-state index in [1.807, 2.05) is 6.92 Å². The number of aryl methyl sites for hydroxylation is 1. The van der Waals surface area contributed by atoms with Gasteiger partial charge in [-0.1, -0.05) is 62.4 Å². The molecule has 0 aliphatic carbocycles. The molecule has 0 spiro atoms. The van der Waals surface area contributed by atoms with Gasteiger partial charge in [0.15, 0.2) is 0 Å². The maximum absolute atomic E-state index is 14.4. The monoisotopic (exact) mass is 393 g/mol. The molecule has 2 rings (SSSR count). The number of rotatable bonds is 10. The highest BCUT2D eigenvalue weighted by Crippen LogP contribution is 2.27. The van der Waals surface area contributed by atoms with Crippen LogP contribution < -0.4 is 4.31 Å². The molecule has 6 heteroatoms. The smallest absolute Gasteiger partial charge is 0.264 e. The second-order valence-corrected chi connectivity index (χ2v) is 8.67. The summed E-state index contributed by atoms with van der Waals surface area (Å²) in [4.78, 5) is 0.0783. The summed E-state index contributed by atoms with van der Waals surface area (Å²) in [5.74, 6) is -0.633. The van der Waals surface area contributed by atoms with E-state index < -0.39 is 21.9 Å². The highest BCUT2D eigenvalue weighted by atomic mass is 32.2. The van der Waals surface area contributed by atoms with Crippen LogP contribution in [0.3, 0.4) is 0 Å². The van der Waals surface area contributed by atoms with Crippen LogP contribution in [0.1, 0.15) is 44.6 Å². The molecule has 0 fully saturated rings. The lowest BCUT2D eigenvalue weighted by molar-refractivity contribution is 0.169. The van der Waals surface area contributed by atoms with Gasteiger partial charge in [0.25, 0.3) is 10.0 Å². The predicted octanol–water partition coefficient (Wildman–Crippen LogP) is 4.66. The summed E-state index contributed by atoms with van der Waals surface area (Å²) in [5.41, 5.74) is 0.882. The van der Waals surface area contributed by atoms with E-state index in [1.54, 1.807) is 18.2 Å². The van der Waals surface area contributed by atoms with Crippen LogP contribution in [0.15, 0.2) is 53.4 Å². The van der Waals surface area contributed by atoms with E-state index in [0.29, 0.717) is 6.42 Å². The fourth-order valence-electron chi connectivity index (χ4n) is 2.91. The van der Waals surface area contributed by atoms with Crippen LogP contribution in [0.2, 0.25) is 0 Å². The minimum absolute atomic E-state index is 0.0503. The number of aliphatic hydroxyl groups excluding tert-OH is 1. The Bertz CT molecular complexity index is 822. The molecule has 1 N–H and O–H groups in total. The van der Waals surface area contributed by atoms with Crippen LogP contribution in [0.25, 0.3) is 0 Å². The molecule has 0 heterocycles. The third-order valence-corrected chi connectivity index (χ3v) is 6.29. The first-order valence-corrected chi connectivity index (χ1v) is 10.8. The molecule has 4 nitrogen and oxygen atoms in total. The third-order valence-electron chi connectivity index (χ3n) is 4.50. The van der Waals surface area contributed by atoms with Crippen LogP contribution in [-0.4, -0.2) is 26.2 Å². The summed E-state index contributed by atoms with van der Waals surface area (Å²) in [6.45, 7) is 3.79. The predicted molar refractivity (Wildman–Crippen MR) is 107 cm³/mol. The van der Waals surface area contributed by atoms with Crippen LogP contribution in [-0.2, 0) is 10.0 Å². The zero-order valence-electron chi connectivity index (χ0n) is 15.9. The number of unbranched alkanes of at least 4 members (excludes halogenated alkanes) is 3. The van der Waals surface area contributed by atoms with Gasteiger partial charge >= 0.3 is 0 Å². The Kier molecular flexibility index (Phi) is 7.80. The Balaban J connectivity index is 2.30. The van der Waals surface area contributed by atoms with Gasteiger partial charge in [0, 0.05) is 0 Å². The fourth-order valence-corrected chi connectivity index (χ4v) is 4.42. The number of hydrogen-bond acceptors (Lipinski definition) is 3. The Morgan fingerprint density at radius 1 is 1.04 bits per heavy atom. The first-order chi connectivity index (χ1) is 12.9. The summed E-state index contributed by atoms with van der Waals surface area (Å²) in [7, 11) is -3.99. The van der Waals surface area contributed by atoms with E-state index in [4.69, 9.17) is 0 Å². The van der Waals surface area contributed by atoms with Crippen LogP contribution in [0.4, 0.5) is 10.1 Å². The van der Waals surface area contributed by atoms with Crippen molar-refractivity contribution in [1.82, 2.24) is 0 Å². The summed E-state index contributed by atoms with van der Waals surface area (Å²) < 4.78 is 41.7. The number of nitrogens with zero attached hydrogens (tertiary/aromatic N) is 1. The third kappa shape index (κ3) is 5.78. The number of benzene rings is 2. The van der Waals surface area contributed by atoms with Gasteiger partial charge < -0.3 is 5.11 Å². The van der Waals surface area contributed by atoms with Crippen molar-refractivity contribution in [2.24, 2.45) is 0 Å². The quantitative estimate of drug-likeness (QED) is 0.597. The van der Waals surface area contributed by atoms with Crippen molar-refractivity contribution < 1.29 is 17.9 Å². The molecule has 1 atom stereocenters. The van der Waals surface area contributed by atoms with Crippen LogP contribution in [0, 0.1) is 12.7 Å². The second-order valence-electron chi connectivity index (χ2n) is 6.80. The highest BCUT2D eigenvalue weighted by Gasteiger charge is 2.28. The molecule has 27 heavy (non-hydrogen) atoms. The topological polar surface area (TPSA) is 57.6 Å². The lowest BCUT2D eigenvalue weighted by Crippen LogP contribution is -2.38. The molecule has 0 amide bonds. The van der Waals surface area contributed by atoms with Crippen molar-refractivity contribution in [1.29, 1.82) is 0 Å². The number of para-hydroxylation sites is 1. The van der Waals surface area contributed by atoms with Gasteiger partial charge in [0.2, 0.25) is 0 Å². The van der Waals surface area contributed by atoms with Crippen molar-refractivity contribution in [3.8, 4) is 0 Å². The van der Waals surface area contributed by atoms with E-state index in [0.717, 1.165) is 35.6 Å². The van der Waals surface area contributed by atoms with E-state index in [9.17, 15) is 17.9 Å². The lowest BCUT2D eigenvalue weighted by atomic mass is 10.1. The van der Waals surface area contributed by atoms with Gasteiger partial charge in [0.1, 0.15) is 5.82 Å². The summed E-state index contributed by atoms with van der Waals surface area (Å²) in [6, 6.07) is 12.2. The zero-order chi connectivity index (χ0) is 19.9. The minimum Gasteiger partial charge on any atom is -0.391 e. The molecule has 0 aromatic heterocycles. The van der Waals surface area contributed by atoms with Crippen LogP contribution >= 0.6 is 0 Å². The number of aliphatic hydroxyl groups is 1. The van der Waals surface area contributed by atoms with E-state index in [1.165, 1.54) is 30.3 Å². The normalized spacial score (nSPS) is 12.7. The SMILES string of the molecule is CCCCCCC(O)CN(c1ccccc1F)S(=O)(=O)c1ccc(C)cc1. The van der Waals surface area contributed by atoms with Gasteiger partial charge in [-0.05, 0) is 37.6 Å². The van der Waals surface area contributed by atoms with E-state index >= 15 is 0 Å². The second kappa shape index (κ2) is 9.85. The first kappa shape index (κ1) is 21.4. The minimum atomic E-state index is -3.99. The Morgan fingerprint density at radius 2 is 1.70 bits per heavy atom. The van der Waals surface area contributed by atoms with Crippen molar-refractivity contribution in [2.75, 3.05) is 10.8 Å². The number of anilines is 1. The molecule has 0 radical (unpaired) electrons. The Hall–Kier alpha value is -1.92. The molecule has 0 saturated heterocycles. The summed E-state index contributed by atoms with van der Waals surface area (Å²) in [5, 5.41) is 10.4. The van der Waals surface area contributed by atoms with Crippen molar-refractivity contribution in [2.45, 2.75) is 57.0 Å². The molecule has 2 aromatic rings. The van der Waals surface area contributed by atoms with Gasteiger partial charge in [-0.2, -0.15) is 0 Å². The molecule has 0 bridgehead atoms. The Labute approximate surface area is 161 Å². The number of hydrogen-bond donors (Lipinski definition) is 1. The first-order valence-electron chi connectivity index (χ1n) is 9.38. The molecule has 0 saturated carbocycles. The highest BCUT2D eigenvalue weighted by molar-refractivity contribution is 7.92. The largest absolute Gasteiger partial charge is 0.391 e. The molecule has 1 unspecified atom stereocenters. The molecule has 0 aliphatic rings. The lowest BCUT2D eigenvalue weighted by Gasteiger charge is -2.27. The summed E-state index contributed by atoms with van der Waals surface area (Å²) in [6.07, 6.45) is 3.57. The number of halogens is 1. The molecular weight excluding hydrogens is 365 g/mol. The molecular formula is C21H28FNO3S. The Morgan fingerprint density at radius 3 is 2.33 bits per heavy atom. The fraction of sp³-hybridized carbons (Fsp3) is 0.429. The summed E-state index contributed by atoms with van der Waals surface area (Å²) >= 11 is 0. The average molecular weight is 394 g/mol. The van der Waals surface area contributed by atoms with Gasteiger partial charge in [0.05, 0.1) is 23.2 Å². The maximum atomic E-state index is 14.4. The van der Waals surface area contributed by atoms with E-state index in [-0.39, 0.29) is 17.1 Å². The van der Waals surface area contributed by atoms with Crippen molar-refractivity contribution >= 4 is 15.7 Å². The van der Waals surface area contributed by atoms with Crippen molar-refractivity contribution in [3.63, 3.8) is 0 Å². The van der Waals surface area contributed by atoms with Gasteiger partial charge in [-0.15, -0.1) is 0 Å². The van der Waals surface area contributed by atoms with Crippen LogP contribution in [0.5, 0.6) is 0 Å². The molecule has 2 aromatic carbocycles. The zero-order valence-corrected chi connectivity index (χ0v) is 16.8. The average Bonchev–Trinajstić information content (AvgIpc) is 2.64. The maximum Gasteiger partial charge on any atom is 0.264 e. The van der Waals surface area contributed by atoms with Gasteiger partial charge in [-0.25, -0.2) is 12.8 Å². The van der Waals surface area contributed by atoms with E-state index in [2.05, 4.69) is 6.92 Å². The van der Waals surface area contributed by atoms with Crippen molar-refractivity contribution in [3.05, 3.63) is 59.9 Å². The molecule has 0 aliphatic heterocycles. The standard InChI is InChI=1S/C21H28FNO3S/c1-3-4-5-6-9-18(24)16-23(21-11-8-7-10-20(21)22)27(25,26)19-14-12-17(2)13-15-19/h7-8,10-15,18,24H,3-6,9,16H2,1-2H3.